The van der Waals surface area contributed by atoms with Crippen molar-refractivity contribution in [2.24, 2.45) is 0 Å². The summed E-state index contributed by atoms with van der Waals surface area (Å²) in [5, 5.41) is 0.178. The van der Waals surface area contributed by atoms with E-state index in [0.29, 0.717) is 18.1 Å². The average Bonchev–Trinajstić information content (AvgIpc) is 2.98. The number of hydrogen-bond donors (Lipinski definition) is 0. The molecule has 0 saturated carbocycles. The van der Waals surface area contributed by atoms with Gasteiger partial charge in [-0.2, -0.15) is 0 Å². The van der Waals surface area contributed by atoms with Crippen molar-refractivity contribution in [1.29, 1.82) is 0 Å². The molecule has 4 nitrogen and oxygen atoms in total. The third-order valence-corrected chi connectivity index (χ3v) is 5.73. The van der Waals surface area contributed by atoms with E-state index in [2.05, 4.69) is 12.2 Å². The summed E-state index contributed by atoms with van der Waals surface area (Å²) in [6, 6.07) is 5.69. The van der Waals surface area contributed by atoms with Gasteiger partial charge < -0.3 is 9.47 Å². The lowest BCUT2D eigenvalue weighted by molar-refractivity contribution is 0.310. The SMILES string of the molecule is CCOc1ccc(C(CS(C)(=O)=O)C2C=CCS2)cc1OC. The molecule has 122 valence electrons. The quantitative estimate of drug-likeness (QED) is 0.713. The van der Waals surface area contributed by atoms with Crippen LogP contribution in [0.25, 0.3) is 0 Å². The fourth-order valence-corrected chi connectivity index (χ4v) is 4.88. The predicted octanol–water partition coefficient (Wildman–Crippen LogP) is 2.89. The van der Waals surface area contributed by atoms with Gasteiger partial charge in [-0.3, -0.25) is 0 Å². The van der Waals surface area contributed by atoms with Crippen LogP contribution < -0.4 is 9.47 Å². The van der Waals surface area contributed by atoms with E-state index in [1.54, 1.807) is 18.9 Å². The Morgan fingerprint density at radius 1 is 1.36 bits per heavy atom. The van der Waals surface area contributed by atoms with Crippen molar-refractivity contribution in [3.05, 3.63) is 35.9 Å². The Labute approximate surface area is 136 Å². The van der Waals surface area contributed by atoms with Gasteiger partial charge in [0.05, 0.1) is 19.5 Å². The van der Waals surface area contributed by atoms with E-state index in [4.69, 9.17) is 9.47 Å². The van der Waals surface area contributed by atoms with Crippen molar-refractivity contribution >= 4 is 21.6 Å². The molecule has 0 aliphatic carbocycles. The minimum absolute atomic E-state index is 0.0803. The van der Waals surface area contributed by atoms with Crippen molar-refractivity contribution < 1.29 is 17.9 Å². The average molecular weight is 342 g/mol. The zero-order valence-electron chi connectivity index (χ0n) is 13.1. The summed E-state index contributed by atoms with van der Waals surface area (Å²) in [7, 11) is -1.47. The van der Waals surface area contributed by atoms with Crippen molar-refractivity contribution in [3.63, 3.8) is 0 Å². The monoisotopic (exact) mass is 342 g/mol. The summed E-state index contributed by atoms with van der Waals surface area (Å²) < 4.78 is 34.5. The highest BCUT2D eigenvalue weighted by atomic mass is 32.2. The van der Waals surface area contributed by atoms with Crippen LogP contribution in [0.4, 0.5) is 0 Å². The minimum atomic E-state index is -3.07. The number of hydrogen-bond acceptors (Lipinski definition) is 5. The first kappa shape index (κ1) is 17.2. The molecule has 6 heteroatoms. The zero-order chi connectivity index (χ0) is 16.2. The predicted molar refractivity (Wildman–Crippen MR) is 92.0 cm³/mol. The molecule has 0 saturated heterocycles. The number of rotatable bonds is 7. The van der Waals surface area contributed by atoms with Gasteiger partial charge in [0.2, 0.25) is 0 Å². The van der Waals surface area contributed by atoms with E-state index >= 15 is 0 Å². The second-order valence-electron chi connectivity index (χ2n) is 5.27. The highest BCUT2D eigenvalue weighted by Crippen LogP contribution is 2.38. The number of benzene rings is 1. The third-order valence-electron chi connectivity index (χ3n) is 3.51. The van der Waals surface area contributed by atoms with Crippen LogP contribution in [0.1, 0.15) is 18.4 Å². The molecule has 2 rings (SSSR count). The Hall–Kier alpha value is -1.14. The summed E-state index contributed by atoms with van der Waals surface area (Å²) in [5.41, 5.74) is 0.967. The number of methoxy groups -OCH3 is 1. The molecule has 1 aliphatic rings. The molecule has 1 aromatic rings. The largest absolute Gasteiger partial charge is 0.493 e. The lowest BCUT2D eigenvalue weighted by atomic mass is 9.96. The molecule has 1 aromatic carbocycles. The Bertz CT molecular complexity index is 638. The van der Waals surface area contributed by atoms with Crippen LogP contribution in [-0.4, -0.2) is 45.1 Å². The van der Waals surface area contributed by atoms with Gasteiger partial charge in [0.15, 0.2) is 11.5 Å². The second kappa shape index (κ2) is 7.42. The fourth-order valence-electron chi connectivity index (χ4n) is 2.56. The molecular formula is C16H22O4S2. The fraction of sp³-hybridized carbons (Fsp3) is 0.500. The normalized spacial score (nSPS) is 19.1. The van der Waals surface area contributed by atoms with Gasteiger partial charge in [-0.25, -0.2) is 8.42 Å². The summed E-state index contributed by atoms with van der Waals surface area (Å²) in [6.45, 7) is 2.48. The van der Waals surface area contributed by atoms with Crippen LogP contribution in [0.2, 0.25) is 0 Å². The van der Waals surface area contributed by atoms with E-state index < -0.39 is 9.84 Å². The summed E-state index contributed by atoms with van der Waals surface area (Å²) in [6.07, 6.45) is 5.48. The molecule has 1 aliphatic heterocycles. The van der Waals surface area contributed by atoms with Crippen LogP contribution in [0, 0.1) is 0 Å². The molecular weight excluding hydrogens is 320 g/mol. The van der Waals surface area contributed by atoms with Gasteiger partial charge in [0, 0.05) is 23.2 Å². The maximum Gasteiger partial charge on any atom is 0.161 e. The lowest BCUT2D eigenvalue weighted by Crippen LogP contribution is -2.21. The Balaban J connectivity index is 2.36. The van der Waals surface area contributed by atoms with Crippen molar-refractivity contribution in [3.8, 4) is 11.5 Å². The molecule has 2 atom stereocenters. The number of ether oxygens (including phenoxy) is 2. The molecule has 22 heavy (non-hydrogen) atoms. The van der Waals surface area contributed by atoms with Gasteiger partial charge in [-0.05, 0) is 24.6 Å². The first-order valence-corrected chi connectivity index (χ1v) is 10.3. The molecule has 0 radical (unpaired) electrons. The minimum Gasteiger partial charge on any atom is -0.493 e. The van der Waals surface area contributed by atoms with Gasteiger partial charge in [-0.15, -0.1) is 11.8 Å². The van der Waals surface area contributed by atoms with Crippen LogP contribution in [0.3, 0.4) is 0 Å². The summed E-state index contributed by atoms with van der Waals surface area (Å²) in [4.78, 5) is 0. The molecule has 0 aromatic heterocycles. The highest BCUT2D eigenvalue weighted by molar-refractivity contribution is 8.00. The van der Waals surface area contributed by atoms with Crippen LogP contribution in [0.15, 0.2) is 30.4 Å². The number of sulfone groups is 1. The Kier molecular flexibility index (Phi) is 5.81. The van der Waals surface area contributed by atoms with Crippen LogP contribution in [-0.2, 0) is 9.84 Å². The van der Waals surface area contributed by atoms with Gasteiger partial charge in [0.1, 0.15) is 9.84 Å². The Morgan fingerprint density at radius 3 is 2.68 bits per heavy atom. The molecule has 0 N–H and O–H groups in total. The first-order valence-electron chi connectivity index (χ1n) is 7.21. The molecule has 1 heterocycles. The van der Waals surface area contributed by atoms with Gasteiger partial charge in [-0.1, -0.05) is 18.2 Å². The first-order chi connectivity index (χ1) is 10.4. The van der Waals surface area contributed by atoms with Crippen LogP contribution in [0.5, 0.6) is 11.5 Å². The summed E-state index contributed by atoms with van der Waals surface area (Å²) in [5.74, 6) is 2.31. The highest BCUT2D eigenvalue weighted by Gasteiger charge is 2.28. The molecule has 0 spiro atoms. The maximum atomic E-state index is 11.8. The second-order valence-corrected chi connectivity index (χ2v) is 8.66. The number of thioether (sulfide) groups is 1. The molecule has 2 unspecified atom stereocenters. The van der Waals surface area contributed by atoms with Gasteiger partial charge in [0.25, 0.3) is 0 Å². The van der Waals surface area contributed by atoms with Crippen molar-refractivity contribution in [2.45, 2.75) is 18.1 Å². The Morgan fingerprint density at radius 2 is 2.14 bits per heavy atom. The molecule has 0 amide bonds. The van der Waals surface area contributed by atoms with Crippen LogP contribution >= 0.6 is 11.8 Å². The van der Waals surface area contributed by atoms with E-state index in [9.17, 15) is 8.42 Å². The maximum absolute atomic E-state index is 11.8. The third kappa shape index (κ3) is 4.43. The van der Waals surface area contributed by atoms with E-state index in [1.807, 2.05) is 25.1 Å². The smallest absolute Gasteiger partial charge is 0.161 e. The van der Waals surface area contributed by atoms with E-state index in [-0.39, 0.29) is 16.9 Å². The topological polar surface area (TPSA) is 52.6 Å². The van der Waals surface area contributed by atoms with Crippen molar-refractivity contribution in [2.75, 3.05) is 31.5 Å². The zero-order valence-corrected chi connectivity index (χ0v) is 14.7. The van der Waals surface area contributed by atoms with Gasteiger partial charge >= 0.3 is 0 Å². The summed E-state index contributed by atoms with van der Waals surface area (Å²) >= 11 is 1.77. The lowest BCUT2D eigenvalue weighted by Gasteiger charge is -2.23. The molecule has 0 fully saturated rings. The van der Waals surface area contributed by atoms with E-state index in [1.165, 1.54) is 6.26 Å². The standard InChI is InChI=1S/C16H22O4S2/c1-4-20-14-8-7-12(10-15(14)19-2)13(11-22(3,17)18)16-6-5-9-21-16/h5-8,10,13,16H,4,9,11H2,1-3H3. The van der Waals surface area contributed by atoms with E-state index in [0.717, 1.165) is 11.3 Å². The van der Waals surface area contributed by atoms with Crippen molar-refractivity contribution in [1.82, 2.24) is 0 Å². The molecule has 0 bridgehead atoms.